The highest BCUT2D eigenvalue weighted by molar-refractivity contribution is 5.99. The Bertz CT molecular complexity index is 1250. The van der Waals surface area contributed by atoms with Crippen molar-refractivity contribution in [1.82, 2.24) is 9.38 Å². The van der Waals surface area contributed by atoms with Crippen LogP contribution in [0.2, 0.25) is 0 Å². The molecule has 0 saturated heterocycles. The van der Waals surface area contributed by atoms with E-state index in [9.17, 15) is 9.59 Å². The first kappa shape index (κ1) is 19.2. The average Bonchev–Trinajstić information content (AvgIpc) is 2.74. The molecular weight excluding hydrogens is 380 g/mol. The first-order valence-corrected chi connectivity index (χ1v) is 9.42. The zero-order valence-electron chi connectivity index (χ0n) is 16.3. The number of amides is 2. The fraction of sp³-hybridized carbons (Fsp3) is 0.0870. The van der Waals surface area contributed by atoms with Crippen molar-refractivity contribution >= 4 is 23.1 Å². The van der Waals surface area contributed by atoms with Gasteiger partial charge in [0, 0.05) is 29.7 Å². The Morgan fingerprint density at radius 1 is 0.967 bits per heavy atom. The van der Waals surface area contributed by atoms with E-state index in [1.165, 1.54) is 10.5 Å². The number of aromatic nitrogens is 2. The minimum absolute atomic E-state index is 0.138. The molecule has 0 aliphatic rings. The summed E-state index contributed by atoms with van der Waals surface area (Å²) in [6.07, 6.45) is 1.75. The van der Waals surface area contributed by atoms with Crippen LogP contribution in [0.15, 0.2) is 83.8 Å². The zero-order valence-corrected chi connectivity index (χ0v) is 16.3. The number of pyridine rings is 1. The Kier molecular flexibility index (Phi) is 5.43. The van der Waals surface area contributed by atoms with Crippen molar-refractivity contribution < 1.29 is 9.53 Å². The summed E-state index contributed by atoms with van der Waals surface area (Å²) >= 11 is 0. The number of nitrogens with zero attached hydrogens (tertiary/aromatic N) is 2. The summed E-state index contributed by atoms with van der Waals surface area (Å²) < 4.78 is 7.29. The predicted octanol–water partition coefficient (Wildman–Crippen LogP) is 4.23. The van der Waals surface area contributed by atoms with Gasteiger partial charge in [-0.2, -0.15) is 0 Å². The fourth-order valence-electron chi connectivity index (χ4n) is 2.97. The molecule has 0 spiro atoms. The van der Waals surface area contributed by atoms with Crippen LogP contribution in [0.4, 0.5) is 16.2 Å². The van der Waals surface area contributed by atoms with E-state index in [1.54, 1.807) is 48.7 Å². The van der Waals surface area contributed by atoms with Crippen LogP contribution in [-0.4, -0.2) is 15.4 Å². The molecule has 7 nitrogen and oxygen atoms in total. The average molecular weight is 400 g/mol. The fourth-order valence-corrected chi connectivity index (χ4v) is 2.97. The van der Waals surface area contributed by atoms with Crippen molar-refractivity contribution in [2.45, 2.75) is 13.5 Å². The summed E-state index contributed by atoms with van der Waals surface area (Å²) in [5.74, 6) is 0.554. The van der Waals surface area contributed by atoms with Gasteiger partial charge in [0.05, 0.1) is 5.69 Å². The molecule has 30 heavy (non-hydrogen) atoms. The Morgan fingerprint density at radius 2 is 1.73 bits per heavy atom. The summed E-state index contributed by atoms with van der Waals surface area (Å²) in [4.78, 5) is 28.9. The number of urea groups is 1. The summed E-state index contributed by atoms with van der Waals surface area (Å²) in [6, 6.07) is 21.0. The van der Waals surface area contributed by atoms with Crippen molar-refractivity contribution in [3.63, 3.8) is 0 Å². The number of anilines is 2. The van der Waals surface area contributed by atoms with Crippen molar-refractivity contribution in [2.75, 3.05) is 10.6 Å². The number of aryl methyl sites for hydroxylation is 1. The van der Waals surface area contributed by atoms with Crippen LogP contribution in [0.1, 0.15) is 11.3 Å². The van der Waals surface area contributed by atoms with E-state index in [-0.39, 0.29) is 18.2 Å². The number of hydrogen-bond donors (Lipinski definition) is 2. The molecule has 2 heterocycles. The number of para-hydroxylation sites is 1. The molecule has 0 radical (unpaired) electrons. The molecule has 0 atom stereocenters. The summed E-state index contributed by atoms with van der Waals surface area (Å²) in [6.45, 7) is 2.06. The number of hydrogen-bond acceptors (Lipinski definition) is 4. The molecule has 0 saturated carbocycles. The van der Waals surface area contributed by atoms with Gasteiger partial charge in [0.1, 0.15) is 18.0 Å². The summed E-state index contributed by atoms with van der Waals surface area (Å²) in [5, 5.41) is 5.53. The Morgan fingerprint density at radius 3 is 2.57 bits per heavy atom. The second-order valence-corrected chi connectivity index (χ2v) is 6.78. The van der Waals surface area contributed by atoms with Crippen molar-refractivity contribution in [1.29, 1.82) is 0 Å². The van der Waals surface area contributed by atoms with E-state index in [4.69, 9.17) is 4.74 Å². The largest absolute Gasteiger partial charge is 0.487 e. The highest BCUT2D eigenvalue weighted by atomic mass is 16.5. The Labute approximate surface area is 173 Å². The van der Waals surface area contributed by atoms with Gasteiger partial charge in [-0.3, -0.25) is 9.20 Å². The van der Waals surface area contributed by atoms with E-state index >= 15 is 0 Å². The third-order valence-electron chi connectivity index (χ3n) is 4.37. The minimum atomic E-state index is -0.349. The molecule has 0 bridgehead atoms. The molecule has 2 amide bonds. The quantitative estimate of drug-likeness (QED) is 0.525. The molecule has 7 heteroatoms. The Hall–Kier alpha value is -4.13. The van der Waals surface area contributed by atoms with E-state index < -0.39 is 0 Å². The predicted molar refractivity (Wildman–Crippen MR) is 116 cm³/mol. The maximum absolute atomic E-state index is 12.3. The summed E-state index contributed by atoms with van der Waals surface area (Å²) in [5.41, 5.74) is 3.21. The van der Waals surface area contributed by atoms with Crippen molar-refractivity contribution in [3.05, 3.63) is 101 Å². The van der Waals surface area contributed by atoms with Gasteiger partial charge in [-0.1, -0.05) is 30.3 Å². The second kappa shape index (κ2) is 8.48. The molecule has 0 aliphatic heterocycles. The molecule has 4 aromatic rings. The molecule has 0 fully saturated rings. The molecule has 0 aliphatic carbocycles. The molecule has 4 rings (SSSR count). The Balaban J connectivity index is 1.42. The lowest BCUT2D eigenvalue weighted by Gasteiger charge is -2.10. The van der Waals surface area contributed by atoms with Gasteiger partial charge < -0.3 is 15.4 Å². The van der Waals surface area contributed by atoms with Gasteiger partial charge >= 0.3 is 6.03 Å². The van der Waals surface area contributed by atoms with Gasteiger partial charge in [-0.15, -0.1) is 0 Å². The smallest absolute Gasteiger partial charge is 0.323 e. The van der Waals surface area contributed by atoms with E-state index in [0.717, 1.165) is 5.56 Å². The van der Waals surface area contributed by atoms with Crippen LogP contribution in [0.25, 0.3) is 5.65 Å². The SMILES string of the molecule is Cc1ccc2nc(COc3cccc(NC(=O)Nc4ccccc4)c3)cc(=O)n2c1. The standard InChI is InChI=1S/C23H20N4O3/c1-16-10-11-21-24-19(13-22(28)27(21)14-16)15-30-20-9-5-8-18(12-20)26-23(29)25-17-6-3-2-4-7-17/h2-14H,15H2,1H3,(H2,25,26,29). The number of ether oxygens (including phenoxy) is 1. The van der Waals surface area contributed by atoms with Crippen LogP contribution >= 0.6 is 0 Å². The van der Waals surface area contributed by atoms with E-state index in [1.807, 2.05) is 31.2 Å². The van der Waals surface area contributed by atoms with E-state index in [2.05, 4.69) is 15.6 Å². The molecule has 2 aromatic heterocycles. The lowest BCUT2D eigenvalue weighted by atomic mass is 10.3. The second-order valence-electron chi connectivity index (χ2n) is 6.78. The van der Waals surface area contributed by atoms with Crippen LogP contribution in [0.3, 0.4) is 0 Å². The number of carbonyl (C=O) groups excluding carboxylic acids is 1. The molecular formula is C23H20N4O3. The van der Waals surface area contributed by atoms with Gasteiger partial charge in [-0.25, -0.2) is 9.78 Å². The first-order chi connectivity index (χ1) is 14.6. The lowest BCUT2D eigenvalue weighted by molar-refractivity contribution is 0.262. The van der Waals surface area contributed by atoms with E-state index in [0.29, 0.717) is 28.5 Å². The van der Waals surface area contributed by atoms with Gasteiger partial charge in [0.25, 0.3) is 5.56 Å². The van der Waals surface area contributed by atoms with Crippen LogP contribution < -0.4 is 20.9 Å². The number of benzene rings is 2. The van der Waals surface area contributed by atoms with Crippen LogP contribution in [0.5, 0.6) is 5.75 Å². The number of nitrogens with one attached hydrogen (secondary N) is 2. The normalized spacial score (nSPS) is 10.6. The maximum Gasteiger partial charge on any atom is 0.323 e. The maximum atomic E-state index is 12.3. The zero-order chi connectivity index (χ0) is 20.9. The monoisotopic (exact) mass is 400 g/mol. The van der Waals surface area contributed by atoms with Crippen LogP contribution in [0, 0.1) is 6.92 Å². The summed E-state index contributed by atoms with van der Waals surface area (Å²) in [7, 11) is 0. The molecule has 150 valence electrons. The lowest BCUT2D eigenvalue weighted by Crippen LogP contribution is -2.19. The van der Waals surface area contributed by atoms with Crippen molar-refractivity contribution in [2.24, 2.45) is 0 Å². The minimum Gasteiger partial charge on any atom is -0.487 e. The number of fused-ring (bicyclic) bond motifs is 1. The molecule has 2 N–H and O–H groups in total. The van der Waals surface area contributed by atoms with Gasteiger partial charge in [-0.05, 0) is 42.8 Å². The van der Waals surface area contributed by atoms with Crippen molar-refractivity contribution in [3.8, 4) is 5.75 Å². The number of carbonyl (C=O) groups is 1. The van der Waals surface area contributed by atoms with Gasteiger partial charge in [0.2, 0.25) is 0 Å². The highest BCUT2D eigenvalue weighted by Crippen LogP contribution is 2.19. The first-order valence-electron chi connectivity index (χ1n) is 9.42. The highest BCUT2D eigenvalue weighted by Gasteiger charge is 2.06. The molecule has 0 unspecified atom stereocenters. The third kappa shape index (κ3) is 4.64. The van der Waals surface area contributed by atoms with Crippen LogP contribution in [-0.2, 0) is 6.61 Å². The third-order valence-corrected chi connectivity index (χ3v) is 4.37. The number of rotatable bonds is 5. The topological polar surface area (TPSA) is 84.7 Å². The molecule has 2 aromatic carbocycles. The van der Waals surface area contributed by atoms with Gasteiger partial charge in [0.15, 0.2) is 0 Å².